The van der Waals surface area contributed by atoms with Crippen molar-refractivity contribution in [2.45, 2.75) is 26.8 Å². The number of carbonyl (C=O) groups excluding carboxylic acids is 2. The molecule has 2 amide bonds. The van der Waals surface area contributed by atoms with Crippen LogP contribution in [-0.2, 0) is 17.8 Å². The summed E-state index contributed by atoms with van der Waals surface area (Å²) < 4.78 is 0. The molecule has 5 heteroatoms. The summed E-state index contributed by atoms with van der Waals surface area (Å²) in [5, 5.41) is 4.87. The fraction of sp³-hybridized carbons (Fsp3) is 0.333. The van der Waals surface area contributed by atoms with E-state index >= 15 is 0 Å². The molecule has 0 spiro atoms. The van der Waals surface area contributed by atoms with E-state index in [1.807, 2.05) is 55.6 Å². The Morgan fingerprint density at radius 1 is 1.09 bits per heavy atom. The Morgan fingerprint density at radius 3 is 2.35 bits per heavy atom. The van der Waals surface area contributed by atoms with Crippen LogP contribution in [-0.4, -0.2) is 29.8 Å². The van der Waals surface area contributed by atoms with Gasteiger partial charge in [-0.1, -0.05) is 18.2 Å². The lowest BCUT2D eigenvalue weighted by Gasteiger charge is -2.18. The minimum Gasteiger partial charge on any atom is -0.352 e. The lowest BCUT2D eigenvalue weighted by molar-refractivity contribution is -0.120. The Hall–Kier alpha value is -2.14. The zero-order valence-corrected chi connectivity index (χ0v) is 14.4. The standard InChI is InChI=1S/C18H22N2O2S/c1-3-20(4-2)18(22)15-9-7-14(8-10-15)13-19-17(21)12-16-6-5-11-23-16/h5-11H,3-4,12-13H2,1-2H3,(H,19,21). The normalized spacial score (nSPS) is 10.3. The summed E-state index contributed by atoms with van der Waals surface area (Å²) in [6, 6.07) is 11.3. The van der Waals surface area contributed by atoms with Gasteiger partial charge < -0.3 is 10.2 Å². The summed E-state index contributed by atoms with van der Waals surface area (Å²) in [4.78, 5) is 26.9. The van der Waals surface area contributed by atoms with Crippen LogP contribution < -0.4 is 5.32 Å². The summed E-state index contributed by atoms with van der Waals surface area (Å²) in [6.07, 6.45) is 0.413. The smallest absolute Gasteiger partial charge is 0.253 e. The van der Waals surface area contributed by atoms with E-state index in [1.165, 1.54) is 0 Å². The maximum absolute atomic E-state index is 12.2. The molecule has 0 aliphatic heterocycles. The van der Waals surface area contributed by atoms with Crippen LogP contribution in [0.5, 0.6) is 0 Å². The highest BCUT2D eigenvalue weighted by Gasteiger charge is 2.12. The number of rotatable bonds is 7. The van der Waals surface area contributed by atoms with Crippen LogP contribution in [0.3, 0.4) is 0 Å². The summed E-state index contributed by atoms with van der Waals surface area (Å²) in [5.41, 5.74) is 1.67. The third-order valence-corrected chi connectivity index (χ3v) is 4.53. The monoisotopic (exact) mass is 330 g/mol. The molecule has 0 aliphatic rings. The van der Waals surface area contributed by atoms with E-state index in [-0.39, 0.29) is 11.8 Å². The summed E-state index contributed by atoms with van der Waals surface area (Å²) in [6.45, 7) is 5.83. The third kappa shape index (κ3) is 4.93. The summed E-state index contributed by atoms with van der Waals surface area (Å²) in [5.74, 6) is 0.0547. The molecule has 1 aromatic carbocycles. The molecule has 2 aromatic rings. The zero-order chi connectivity index (χ0) is 16.7. The van der Waals surface area contributed by atoms with Gasteiger partial charge in [0.1, 0.15) is 0 Å². The molecule has 0 unspecified atom stereocenters. The van der Waals surface area contributed by atoms with Crippen molar-refractivity contribution in [1.82, 2.24) is 10.2 Å². The average Bonchev–Trinajstić information content (AvgIpc) is 3.07. The Labute approximate surface area is 141 Å². The first-order chi connectivity index (χ1) is 11.1. The minimum absolute atomic E-state index is 0.00995. The number of nitrogens with one attached hydrogen (secondary N) is 1. The van der Waals surface area contributed by atoms with E-state index < -0.39 is 0 Å². The number of amides is 2. The van der Waals surface area contributed by atoms with Gasteiger partial charge in [-0.15, -0.1) is 11.3 Å². The van der Waals surface area contributed by atoms with E-state index in [2.05, 4.69) is 5.32 Å². The van der Waals surface area contributed by atoms with Crippen LogP contribution in [0, 0.1) is 0 Å². The van der Waals surface area contributed by atoms with Gasteiger partial charge in [-0.25, -0.2) is 0 Å². The second-order valence-electron chi connectivity index (χ2n) is 5.21. The molecule has 23 heavy (non-hydrogen) atoms. The average molecular weight is 330 g/mol. The first-order valence-corrected chi connectivity index (χ1v) is 8.69. The van der Waals surface area contributed by atoms with E-state index in [0.29, 0.717) is 31.6 Å². The van der Waals surface area contributed by atoms with Crippen LogP contribution in [0.1, 0.15) is 34.6 Å². The lowest BCUT2D eigenvalue weighted by atomic mass is 10.1. The predicted octanol–water partition coefficient (Wildman–Crippen LogP) is 3.09. The molecule has 0 atom stereocenters. The van der Waals surface area contributed by atoms with E-state index in [4.69, 9.17) is 0 Å². The van der Waals surface area contributed by atoms with Gasteiger partial charge in [0.25, 0.3) is 5.91 Å². The van der Waals surface area contributed by atoms with Crippen molar-refractivity contribution >= 4 is 23.2 Å². The van der Waals surface area contributed by atoms with Crippen LogP contribution in [0.2, 0.25) is 0 Å². The van der Waals surface area contributed by atoms with Gasteiger partial charge in [-0.3, -0.25) is 9.59 Å². The molecular formula is C18H22N2O2S. The second-order valence-corrected chi connectivity index (χ2v) is 6.24. The van der Waals surface area contributed by atoms with Gasteiger partial charge in [-0.05, 0) is 43.0 Å². The minimum atomic E-state index is 0.00995. The Morgan fingerprint density at radius 2 is 1.78 bits per heavy atom. The molecule has 1 N–H and O–H groups in total. The quantitative estimate of drug-likeness (QED) is 0.848. The second kappa shape index (κ2) is 8.48. The first kappa shape index (κ1) is 17.2. The van der Waals surface area contributed by atoms with E-state index in [0.717, 1.165) is 10.4 Å². The van der Waals surface area contributed by atoms with Gasteiger partial charge in [0.15, 0.2) is 0 Å². The van der Waals surface area contributed by atoms with Gasteiger partial charge in [0, 0.05) is 30.1 Å². The maximum Gasteiger partial charge on any atom is 0.253 e. The molecule has 0 radical (unpaired) electrons. The van der Waals surface area contributed by atoms with Crippen molar-refractivity contribution in [3.63, 3.8) is 0 Å². The highest BCUT2D eigenvalue weighted by Crippen LogP contribution is 2.10. The molecular weight excluding hydrogens is 308 g/mol. The largest absolute Gasteiger partial charge is 0.352 e. The number of thiophene rings is 1. The lowest BCUT2D eigenvalue weighted by Crippen LogP contribution is -2.30. The molecule has 4 nitrogen and oxygen atoms in total. The Balaban J connectivity index is 1.87. The van der Waals surface area contributed by atoms with Gasteiger partial charge in [-0.2, -0.15) is 0 Å². The zero-order valence-electron chi connectivity index (χ0n) is 13.5. The fourth-order valence-corrected chi connectivity index (χ4v) is 3.00. The van der Waals surface area contributed by atoms with Crippen molar-refractivity contribution in [3.8, 4) is 0 Å². The highest BCUT2D eigenvalue weighted by molar-refractivity contribution is 7.10. The highest BCUT2D eigenvalue weighted by atomic mass is 32.1. The van der Waals surface area contributed by atoms with Crippen molar-refractivity contribution in [1.29, 1.82) is 0 Å². The SMILES string of the molecule is CCN(CC)C(=O)c1ccc(CNC(=O)Cc2cccs2)cc1. The van der Waals surface area contributed by atoms with Crippen molar-refractivity contribution < 1.29 is 9.59 Å². The topological polar surface area (TPSA) is 49.4 Å². The third-order valence-electron chi connectivity index (χ3n) is 3.66. The Kier molecular flexibility index (Phi) is 6.35. The molecule has 2 rings (SSSR count). The molecule has 0 aliphatic carbocycles. The van der Waals surface area contributed by atoms with Crippen molar-refractivity contribution in [2.24, 2.45) is 0 Å². The van der Waals surface area contributed by atoms with Gasteiger partial charge in [0.2, 0.25) is 5.91 Å². The van der Waals surface area contributed by atoms with E-state index in [9.17, 15) is 9.59 Å². The molecule has 0 saturated carbocycles. The maximum atomic E-state index is 12.2. The van der Waals surface area contributed by atoms with Crippen LogP contribution >= 0.6 is 11.3 Å². The first-order valence-electron chi connectivity index (χ1n) is 7.81. The summed E-state index contributed by atoms with van der Waals surface area (Å²) in [7, 11) is 0. The number of benzene rings is 1. The van der Waals surface area contributed by atoms with Crippen molar-refractivity contribution in [3.05, 3.63) is 57.8 Å². The number of hydrogen-bond donors (Lipinski definition) is 1. The van der Waals surface area contributed by atoms with Gasteiger partial charge in [0.05, 0.1) is 6.42 Å². The number of hydrogen-bond acceptors (Lipinski definition) is 3. The molecule has 0 saturated heterocycles. The fourth-order valence-electron chi connectivity index (χ4n) is 2.29. The van der Waals surface area contributed by atoms with Gasteiger partial charge >= 0.3 is 0 Å². The van der Waals surface area contributed by atoms with Crippen molar-refractivity contribution in [2.75, 3.05) is 13.1 Å². The molecule has 0 bridgehead atoms. The van der Waals surface area contributed by atoms with E-state index in [1.54, 1.807) is 16.2 Å². The van der Waals surface area contributed by atoms with Crippen LogP contribution in [0.4, 0.5) is 0 Å². The Bertz CT molecular complexity index is 632. The predicted molar refractivity (Wildman–Crippen MR) is 93.6 cm³/mol. The number of carbonyl (C=O) groups is 2. The molecule has 1 aromatic heterocycles. The number of nitrogens with zero attached hydrogens (tertiary/aromatic N) is 1. The molecule has 122 valence electrons. The van der Waals surface area contributed by atoms with Crippen LogP contribution in [0.25, 0.3) is 0 Å². The molecule has 0 fully saturated rings. The molecule has 1 heterocycles. The summed E-state index contributed by atoms with van der Waals surface area (Å²) >= 11 is 1.58. The van der Waals surface area contributed by atoms with Crippen LogP contribution in [0.15, 0.2) is 41.8 Å².